The summed E-state index contributed by atoms with van der Waals surface area (Å²) in [5.41, 5.74) is 0.390. The summed E-state index contributed by atoms with van der Waals surface area (Å²) < 4.78 is 4.61. The van der Waals surface area contributed by atoms with Crippen molar-refractivity contribution in [1.29, 1.82) is 0 Å². The monoisotopic (exact) mass is 127 g/mol. The maximum Gasteiger partial charge on any atom is 0.417 e. The molecule has 0 aromatic rings. The lowest BCUT2D eigenvalue weighted by Gasteiger charge is -2.40. The number of ether oxygens (including phenoxy) is 1. The van der Waals surface area contributed by atoms with Crippen LogP contribution in [-0.4, -0.2) is 12.6 Å². The van der Waals surface area contributed by atoms with Crippen LogP contribution in [0, 0.1) is 5.41 Å². The average molecular weight is 127 g/mol. The van der Waals surface area contributed by atoms with Crippen LogP contribution >= 0.6 is 0 Å². The summed E-state index contributed by atoms with van der Waals surface area (Å²) in [6.07, 6.45) is 2.13. The van der Waals surface area contributed by atoms with Gasteiger partial charge >= 0.3 is 6.47 Å². The zero-order chi connectivity index (χ0) is 6.91. The van der Waals surface area contributed by atoms with E-state index in [0.717, 1.165) is 12.8 Å². The van der Waals surface area contributed by atoms with Gasteiger partial charge in [0.2, 0.25) is 0 Å². The molecular formula is C7H11O2. The van der Waals surface area contributed by atoms with Crippen LogP contribution in [0.1, 0.15) is 26.7 Å². The van der Waals surface area contributed by atoms with Crippen LogP contribution in [0.4, 0.5) is 0 Å². The van der Waals surface area contributed by atoms with Gasteiger partial charge in [-0.15, -0.1) is 0 Å². The van der Waals surface area contributed by atoms with Gasteiger partial charge in [-0.25, -0.2) is 4.79 Å². The third kappa shape index (κ3) is 1.44. The van der Waals surface area contributed by atoms with E-state index < -0.39 is 0 Å². The van der Waals surface area contributed by atoms with Crippen molar-refractivity contribution in [2.24, 2.45) is 5.41 Å². The summed E-state index contributed by atoms with van der Waals surface area (Å²) in [5.74, 6) is 0. The molecule has 2 heteroatoms. The van der Waals surface area contributed by atoms with Gasteiger partial charge in [0.05, 0.1) is 0 Å². The van der Waals surface area contributed by atoms with Crippen molar-refractivity contribution in [2.45, 2.75) is 32.8 Å². The normalized spacial score (nSPS) is 24.7. The Labute approximate surface area is 55.2 Å². The topological polar surface area (TPSA) is 26.3 Å². The second-order valence-electron chi connectivity index (χ2n) is 3.40. The van der Waals surface area contributed by atoms with E-state index in [9.17, 15) is 4.79 Å². The van der Waals surface area contributed by atoms with Gasteiger partial charge < -0.3 is 4.74 Å². The molecule has 0 atom stereocenters. The highest BCUT2D eigenvalue weighted by Gasteiger charge is 2.37. The second kappa shape index (κ2) is 2.01. The highest BCUT2D eigenvalue weighted by atomic mass is 16.5. The molecule has 0 N–H and O–H groups in total. The molecule has 1 fully saturated rings. The minimum atomic E-state index is 0.150. The molecule has 1 rings (SSSR count). The highest BCUT2D eigenvalue weighted by molar-refractivity contribution is 5.39. The fraction of sp³-hybridized carbons (Fsp3) is 0.857. The first kappa shape index (κ1) is 6.59. The molecule has 1 aliphatic rings. The number of rotatable bonds is 2. The summed E-state index contributed by atoms with van der Waals surface area (Å²) in [6, 6.07) is 0. The summed E-state index contributed by atoms with van der Waals surface area (Å²) in [4.78, 5) is 9.67. The van der Waals surface area contributed by atoms with E-state index in [4.69, 9.17) is 0 Å². The van der Waals surface area contributed by atoms with Gasteiger partial charge in [0.25, 0.3) is 0 Å². The molecule has 1 saturated carbocycles. The molecule has 0 unspecified atom stereocenters. The standard InChI is InChI=1S/C7H11O2/c1-7(2)3-6(4-7)9-5-8/h6H,3-4H2,1-2H3. The molecule has 1 aliphatic carbocycles. The summed E-state index contributed by atoms with van der Waals surface area (Å²) in [6.45, 7) is 5.79. The Kier molecular flexibility index (Phi) is 1.47. The lowest BCUT2D eigenvalue weighted by Crippen LogP contribution is -2.37. The smallest absolute Gasteiger partial charge is 0.417 e. The van der Waals surface area contributed by atoms with Crippen molar-refractivity contribution < 1.29 is 9.53 Å². The zero-order valence-electron chi connectivity index (χ0n) is 5.81. The van der Waals surface area contributed by atoms with E-state index in [0.29, 0.717) is 5.41 Å². The van der Waals surface area contributed by atoms with Gasteiger partial charge in [0, 0.05) is 0 Å². The van der Waals surface area contributed by atoms with Crippen LogP contribution in [0.15, 0.2) is 0 Å². The third-order valence-corrected chi connectivity index (χ3v) is 1.78. The van der Waals surface area contributed by atoms with Crippen LogP contribution in [0.3, 0.4) is 0 Å². The SMILES string of the molecule is CC1(C)CC(O[C]=O)C1. The Hall–Kier alpha value is -0.530. The van der Waals surface area contributed by atoms with Crippen LogP contribution in [0.2, 0.25) is 0 Å². The molecule has 0 amide bonds. The minimum absolute atomic E-state index is 0.150. The Morgan fingerprint density at radius 3 is 2.44 bits per heavy atom. The number of hydrogen-bond donors (Lipinski definition) is 0. The van der Waals surface area contributed by atoms with Crippen molar-refractivity contribution in [2.75, 3.05) is 0 Å². The molecule has 0 heterocycles. The van der Waals surface area contributed by atoms with Crippen molar-refractivity contribution >= 4 is 6.47 Å². The fourth-order valence-electron chi connectivity index (χ4n) is 1.32. The average Bonchev–Trinajstić information content (AvgIpc) is 1.62. The van der Waals surface area contributed by atoms with E-state index in [1.54, 1.807) is 0 Å². The Morgan fingerprint density at radius 1 is 1.56 bits per heavy atom. The van der Waals surface area contributed by atoms with Crippen molar-refractivity contribution in [1.82, 2.24) is 0 Å². The molecule has 0 aliphatic heterocycles. The molecular weight excluding hydrogens is 116 g/mol. The van der Waals surface area contributed by atoms with Gasteiger partial charge in [-0.1, -0.05) is 13.8 Å². The summed E-state index contributed by atoms with van der Waals surface area (Å²) in [5, 5.41) is 0. The van der Waals surface area contributed by atoms with E-state index in [1.165, 1.54) is 6.47 Å². The lowest BCUT2D eigenvalue weighted by molar-refractivity contribution is 0.000143. The summed E-state index contributed by atoms with van der Waals surface area (Å²) in [7, 11) is 0. The molecule has 0 spiro atoms. The molecule has 0 bridgehead atoms. The van der Waals surface area contributed by atoms with Crippen LogP contribution in [0.5, 0.6) is 0 Å². The number of hydrogen-bond acceptors (Lipinski definition) is 2. The first-order valence-electron chi connectivity index (χ1n) is 3.17. The molecule has 9 heavy (non-hydrogen) atoms. The van der Waals surface area contributed by atoms with Crippen LogP contribution in [0.25, 0.3) is 0 Å². The predicted octanol–water partition coefficient (Wildman–Crippen LogP) is 1.26. The van der Waals surface area contributed by atoms with Crippen LogP contribution < -0.4 is 0 Å². The molecule has 2 nitrogen and oxygen atoms in total. The third-order valence-electron chi connectivity index (χ3n) is 1.78. The minimum Gasteiger partial charge on any atom is -0.454 e. The van der Waals surface area contributed by atoms with E-state index in [1.807, 2.05) is 0 Å². The van der Waals surface area contributed by atoms with Gasteiger partial charge in [-0.3, -0.25) is 0 Å². The quantitative estimate of drug-likeness (QED) is 0.558. The molecule has 0 aromatic heterocycles. The van der Waals surface area contributed by atoms with E-state index in [-0.39, 0.29) is 6.10 Å². The fourth-order valence-corrected chi connectivity index (χ4v) is 1.32. The molecule has 0 saturated heterocycles. The summed E-state index contributed by atoms with van der Waals surface area (Å²) >= 11 is 0. The first-order valence-corrected chi connectivity index (χ1v) is 3.17. The van der Waals surface area contributed by atoms with Crippen molar-refractivity contribution in [3.05, 3.63) is 0 Å². The Morgan fingerprint density at radius 2 is 2.11 bits per heavy atom. The van der Waals surface area contributed by atoms with Gasteiger partial charge in [-0.05, 0) is 18.3 Å². The predicted molar refractivity (Wildman–Crippen MR) is 33.6 cm³/mol. The van der Waals surface area contributed by atoms with E-state index in [2.05, 4.69) is 18.6 Å². The van der Waals surface area contributed by atoms with Crippen LogP contribution in [-0.2, 0) is 9.53 Å². The van der Waals surface area contributed by atoms with E-state index >= 15 is 0 Å². The molecule has 51 valence electrons. The lowest BCUT2D eigenvalue weighted by atomic mass is 9.70. The largest absolute Gasteiger partial charge is 0.454 e. The van der Waals surface area contributed by atoms with Gasteiger partial charge in [0.1, 0.15) is 6.10 Å². The van der Waals surface area contributed by atoms with Crippen molar-refractivity contribution in [3.63, 3.8) is 0 Å². The van der Waals surface area contributed by atoms with Gasteiger partial charge in [0.15, 0.2) is 0 Å². The Balaban J connectivity index is 2.19. The Bertz CT molecular complexity index is 110. The maximum absolute atomic E-state index is 9.67. The zero-order valence-corrected chi connectivity index (χ0v) is 5.81. The maximum atomic E-state index is 9.67. The molecule has 1 radical (unpaired) electrons. The number of carbonyl (C=O) groups excluding carboxylic acids is 1. The van der Waals surface area contributed by atoms with Gasteiger partial charge in [-0.2, -0.15) is 0 Å². The highest BCUT2D eigenvalue weighted by Crippen LogP contribution is 2.41. The first-order chi connectivity index (χ1) is 4.14. The van der Waals surface area contributed by atoms with Crippen molar-refractivity contribution in [3.8, 4) is 0 Å². The molecule has 0 aromatic carbocycles. The second-order valence-corrected chi connectivity index (χ2v) is 3.40.